The number of nitrogens with one attached hydrogen (secondary N) is 1. The van der Waals surface area contributed by atoms with Gasteiger partial charge in [-0.25, -0.2) is 4.79 Å². The average Bonchev–Trinajstić information content (AvgIpc) is 3.35. The quantitative estimate of drug-likeness (QED) is 0.365. The van der Waals surface area contributed by atoms with Crippen LogP contribution in [-0.2, 0) is 11.3 Å². The summed E-state index contributed by atoms with van der Waals surface area (Å²) in [6.45, 7) is 7.97. The first-order chi connectivity index (χ1) is 16.6. The molecular formula is C26H25ClN6O2. The number of fused-ring (bicyclic) bond motifs is 2. The van der Waals surface area contributed by atoms with Crippen LogP contribution in [0.5, 0.6) is 0 Å². The van der Waals surface area contributed by atoms with Gasteiger partial charge in [0.15, 0.2) is 11.0 Å². The van der Waals surface area contributed by atoms with Gasteiger partial charge in [0, 0.05) is 11.6 Å². The Morgan fingerprint density at radius 1 is 1.03 bits per heavy atom. The largest absolute Gasteiger partial charge is 0.443 e. The Kier molecular flexibility index (Phi) is 5.48. The number of nitrogens with zero attached hydrogens (tertiary/aromatic N) is 5. The first-order valence-corrected chi connectivity index (χ1v) is 11.6. The standard InChI is InChI=1S/C26H25ClN6O2/c1-16-7-5-10-20-23(16)33(22-12-11-21(27)29-30-22)24(28)32(20)15-17-8-6-9-19-18(17)13-14-31(19)25(34)35-26(2,3)4/h5-14,28H,15H2,1-4H3. The Labute approximate surface area is 206 Å². The molecule has 5 aromatic rings. The van der Waals surface area contributed by atoms with Crippen LogP contribution < -0.4 is 5.62 Å². The summed E-state index contributed by atoms with van der Waals surface area (Å²) in [6, 6.07) is 17.1. The van der Waals surface area contributed by atoms with E-state index in [1.165, 1.54) is 4.57 Å². The molecule has 0 bridgehead atoms. The molecule has 35 heavy (non-hydrogen) atoms. The molecule has 0 saturated heterocycles. The van der Waals surface area contributed by atoms with Gasteiger partial charge in [-0.1, -0.05) is 35.9 Å². The van der Waals surface area contributed by atoms with Gasteiger partial charge in [-0.2, -0.15) is 0 Å². The predicted octanol–water partition coefficient (Wildman–Crippen LogP) is 5.45. The van der Waals surface area contributed by atoms with Gasteiger partial charge >= 0.3 is 6.09 Å². The number of hydrogen-bond donors (Lipinski definition) is 1. The van der Waals surface area contributed by atoms with Crippen LogP contribution in [0.25, 0.3) is 27.8 Å². The zero-order valence-corrected chi connectivity index (χ0v) is 20.7. The molecule has 8 nitrogen and oxygen atoms in total. The number of aryl methyl sites for hydroxylation is 1. The Bertz CT molecular complexity index is 1640. The minimum Gasteiger partial charge on any atom is -0.443 e. The van der Waals surface area contributed by atoms with Gasteiger partial charge in [0.1, 0.15) is 5.60 Å². The van der Waals surface area contributed by atoms with E-state index in [2.05, 4.69) is 10.2 Å². The molecule has 1 N–H and O–H groups in total. The van der Waals surface area contributed by atoms with Crippen LogP contribution in [0.15, 0.2) is 60.8 Å². The molecule has 0 aliphatic heterocycles. The lowest BCUT2D eigenvalue weighted by Crippen LogP contribution is -2.26. The van der Waals surface area contributed by atoms with Gasteiger partial charge < -0.3 is 9.30 Å². The molecule has 0 fully saturated rings. The zero-order chi connectivity index (χ0) is 24.9. The lowest BCUT2D eigenvalue weighted by Gasteiger charge is -2.19. The molecule has 2 aromatic carbocycles. The number of aromatic nitrogens is 5. The molecule has 178 valence electrons. The van der Waals surface area contributed by atoms with Crippen molar-refractivity contribution in [2.45, 2.75) is 39.8 Å². The van der Waals surface area contributed by atoms with Gasteiger partial charge in [-0.05, 0) is 69.2 Å². The number of para-hydroxylation sites is 1. The maximum absolute atomic E-state index is 12.7. The van der Waals surface area contributed by atoms with Crippen LogP contribution in [0.1, 0.15) is 31.9 Å². The van der Waals surface area contributed by atoms with E-state index in [0.29, 0.717) is 17.5 Å². The molecule has 5 rings (SSSR count). The monoisotopic (exact) mass is 488 g/mol. The van der Waals surface area contributed by atoms with Crippen molar-refractivity contribution < 1.29 is 9.53 Å². The van der Waals surface area contributed by atoms with Crippen LogP contribution in [0.4, 0.5) is 4.79 Å². The lowest BCUT2D eigenvalue weighted by atomic mass is 10.1. The maximum atomic E-state index is 12.7. The molecule has 0 aliphatic rings. The number of rotatable bonds is 3. The summed E-state index contributed by atoms with van der Waals surface area (Å²) >= 11 is 5.95. The number of imidazole rings is 1. The number of carbonyl (C=O) groups excluding carboxylic acids is 1. The van der Waals surface area contributed by atoms with Crippen molar-refractivity contribution in [2.75, 3.05) is 0 Å². The van der Waals surface area contributed by atoms with Crippen LogP contribution >= 0.6 is 11.6 Å². The predicted molar refractivity (Wildman–Crippen MR) is 135 cm³/mol. The van der Waals surface area contributed by atoms with Gasteiger partial charge in [0.25, 0.3) is 0 Å². The highest BCUT2D eigenvalue weighted by atomic mass is 35.5. The Balaban J connectivity index is 1.64. The number of benzene rings is 2. The second kappa shape index (κ2) is 8.39. The Morgan fingerprint density at radius 2 is 1.77 bits per heavy atom. The third-order valence-electron chi connectivity index (χ3n) is 5.79. The van der Waals surface area contributed by atoms with Gasteiger partial charge in [0.05, 0.1) is 23.1 Å². The highest BCUT2D eigenvalue weighted by Crippen LogP contribution is 2.25. The molecule has 0 aliphatic carbocycles. The summed E-state index contributed by atoms with van der Waals surface area (Å²) in [5.74, 6) is 0.520. The molecule has 0 unspecified atom stereocenters. The van der Waals surface area contributed by atoms with Crippen molar-refractivity contribution in [1.29, 1.82) is 5.41 Å². The minimum absolute atomic E-state index is 0.259. The second-order valence-corrected chi connectivity index (χ2v) is 9.81. The molecule has 0 radical (unpaired) electrons. The highest BCUT2D eigenvalue weighted by molar-refractivity contribution is 6.29. The normalized spacial score (nSPS) is 11.9. The smallest absolute Gasteiger partial charge is 0.418 e. The number of ether oxygens (including phenoxy) is 1. The van der Waals surface area contributed by atoms with Gasteiger partial charge in [-0.15, -0.1) is 10.2 Å². The van der Waals surface area contributed by atoms with E-state index in [0.717, 1.165) is 33.1 Å². The average molecular weight is 489 g/mol. The summed E-state index contributed by atoms with van der Waals surface area (Å²) in [6.07, 6.45) is 1.30. The summed E-state index contributed by atoms with van der Waals surface area (Å²) in [7, 11) is 0. The second-order valence-electron chi connectivity index (χ2n) is 9.42. The summed E-state index contributed by atoms with van der Waals surface area (Å²) in [5.41, 5.74) is 4.20. The minimum atomic E-state index is -0.592. The third kappa shape index (κ3) is 4.10. The Hall–Kier alpha value is -3.91. The van der Waals surface area contributed by atoms with Crippen LogP contribution in [0.2, 0.25) is 5.15 Å². The molecular weight excluding hydrogens is 464 g/mol. The maximum Gasteiger partial charge on any atom is 0.418 e. The first-order valence-electron chi connectivity index (χ1n) is 11.2. The Morgan fingerprint density at radius 3 is 2.49 bits per heavy atom. The summed E-state index contributed by atoms with van der Waals surface area (Å²) in [5, 5.41) is 18.4. The zero-order valence-electron chi connectivity index (χ0n) is 19.9. The topological polar surface area (TPSA) is 90.7 Å². The van der Waals surface area contributed by atoms with Crippen molar-refractivity contribution in [3.63, 3.8) is 0 Å². The fourth-order valence-electron chi connectivity index (χ4n) is 4.31. The summed E-state index contributed by atoms with van der Waals surface area (Å²) in [4.78, 5) is 12.7. The lowest BCUT2D eigenvalue weighted by molar-refractivity contribution is 0.0544. The fraction of sp³-hybridized carbons (Fsp3) is 0.231. The van der Waals surface area contributed by atoms with Crippen molar-refractivity contribution >= 4 is 39.6 Å². The van der Waals surface area contributed by atoms with E-state index in [1.807, 2.05) is 74.7 Å². The van der Waals surface area contributed by atoms with Crippen molar-refractivity contribution in [3.8, 4) is 5.82 Å². The van der Waals surface area contributed by atoms with E-state index in [9.17, 15) is 4.79 Å². The van der Waals surface area contributed by atoms with Crippen molar-refractivity contribution in [2.24, 2.45) is 0 Å². The van der Waals surface area contributed by atoms with Crippen molar-refractivity contribution in [1.82, 2.24) is 23.9 Å². The first kappa shape index (κ1) is 22.9. The van der Waals surface area contributed by atoms with E-state index >= 15 is 0 Å². The van der Waals surface area contributed by atoms with Gasteiger partial charge in [-0.3, -0.25) is 14.5 Å². The molecule has 0 amide bonds. The van der Waals surface area contributed by atoms with Crippen LogP contribution in [0.3, 0.4) is 0 Å². The molecule has 0 saturated carbocycles. The molecule has 3 aromatic heterocycles. The number of halogens is 1. The van der Waals surface area contributed by atoms with E-state index in [4.69, 9.17) is 21.7 Å². The van der Waals surface area contributed by atoms with Gasteiger partial charge in [0.2, 0.25) is 5.62 Å². The van der Waals surface area contributed by atoms with E-state index in [-0.39, 0.29) is 5.62 Å². The molecule has 3 heterocycles. The molecule has 0 spiro atoms. The number of carbonyl (C=O) groups is 1. The van der Waals surface area contributed by atoms with E-state index < -0.39 is 11.7 Å². The van der Waals surface area contributed by atoms with Crippen molar-refractivity contribution in [3.05, 3.63) is 82.7 Å². The third-order valence-corrected chi connectivity index (χ3v) is 5.99. The van der Waals surface area contributed by atoms with Crippen LogP contribution in [-0.4, -0.2) is 35.6 Å². The SMILES string of the molecule is Cc1cccc2c1n(-c1ccc(Cl)nn1)c(=N)n2Cc1cccc2c1ccn2C(=O)OC(C)(C)C. The molecule has 9 heteroatoms. The highest BCUT2D eigenvalue weighted by Gasteiger charge is 2.21. The fourth-order valence-corrected chi connectivity index (χ4v) is 4.41. The van der Waals surface area contributed by atoms with Crippen LogP contribution in [0, 0.1) is 12.3 Å². The summed E-state index contributed by atoms with van der Waals surface area (Å²) < 4.78 is 10.8. The van der Waals surface area contributed by atoms with E-state index in [1.54, 1.807) is 22.9 Å². The number of hydrogen-bond acceptors (Lipinski definition) is 5. The molecule has 0 atom stereocenters.